The van der Waals surface area contributed by atoms with Gasteiger partial charge in [0.1, 0.15) is 16.4 Å². The Morgan fingerprint density at radius 3 is 2.52 bits per heavy atom. The van der Waals surface area contributed by atoms with Crippen LogP contribution in [0.5, 0.6) is 0 Å². The Labute approximate surface area is 158 Å². The summed E-state index contributed by atoms with van der Waals surface area (Å²) >= 11 is 5.86. The zero-order valence-electron chi connectivity index (χ0n) is 13.8. The predicted octanol–water partition coefficient (Wildman–Crippen LogP) is 3.14. The van der Waals surface area contributed by atoms with Gasteiger partial charge in [0.25, 0.3) is 15.9 Å². The normalized spacial score (nSPS) is 11.4. The number of benzene rings is 2. The van der Waals surface area contributed by atoms with Crippen LogP contribution in [0.4, 0.5) is 8.78 Å². The summed E-state index contributed by atoms with van der Waals surface area (Å²) in [5, 5.41) is -0.0405. The first-order valence-electron chi connectivity index (χ1n) is 7.49. The van der Waals surface area contributed by atoms with E-state index < -0.39 is 27.6 Å². The first kappa shape index (κ1) is 19.0. The highest BCUT2D eigenvalue weighted by molar-refractivity contribution is 7.90. The van der Waals surface area contributed by atoms with Crippen molar-refractivity contribution in [3.05, 3.63) is 71.0 Å². The Hall–Kier alpha value is -2.78. The molecule has 1 heterocycles. The quantitative estimate of drug-likeness (QED) is 0.715. The molecule has 27 heavy (non-hydrogen) atoms. The Bertz CT molecular complexity index is 1150. The van der Waals surface area contributed by atoms with Crippen molar-refractivity contribution in [2.24, 2.45) is 7.05 Å². The summed E-state index contributed by atoms with van der Waals surface area (Å²) in [5.41, 5.74) is 0.0114. The van der Waals surface area contributed by atoms with E-state index in [4.69, 9.17) is 11.6 Å². The van der Waals surface area contributed by atoms with Gasteiger partial charge in [-0.05, 0) is 30.3 Å². The van der Waals surface area contributed by atoms with Crippen molar-refractivity contribution >= 4 is 27.5 Å². The van der Waals surface area contributed by atoms with Crippen LogP contribution in [0.2, 0.25) is 5.02 Å². The number of rotatable bonds is 4. The van der Waals surface area contributed by atoms with Crippen LogP contribution >= 0.6 is 11.6 Å². The van der Waals surface area contributed by atoms with Gasteiger partial charge in [0, 0.05) is 18.8 Å². The predicted molar refractivity (Wildman–Crippen MR) is 94.7 cm³/mol. The fourth-order valence-corrected chi connectivity index (χ4v) is 3.85. The van der Waals surface area contributed by atoms with E-state index in [0.717, 1.165) is 12.1 Å². The highest BCUT2D eigenvalue weighted by Crippen LogP contribution is 2.22. The highest BCUT2D eigenvalue weighted by atomic mass is 35.5. The minimum absolute atomic E-state index is 0.0405. The molecule has 0 atom stereocenters. The number of halogens is 3. The van der Waals surface area contributed by atoms with Crippen molar-refractivity contribution in [3.8, 4) is 11.4 Å². The molecule has 1 amide bonds. The van der Waals surface area contributed by atoms with Crippen LogP contribution in [-0.2, 0) is 17.1 Å². The Morgan fingerprint density at radius 1 is 1.15 bits per heavy atom. The molecule has 0 radical (unpaired) electrons. The number of nitrogens with one attached hydrogen (secondary N) is 1. The first-order chi connectivity index (χ1) is 12.7. The van der Waals surface area contributed by atoms with E-state index in [2.05, 4.69) is 4.98 Å². The maximum atomic E-state index is 13.4. The highest BCUT2D eigenvalue weighted by Gasteiger charge is 2.23. The Morgan fingerprint density at radius 2 is 1.85 bits per heavy atom. The summed E-state index contributed by atoms with van der Waals surface area (Å²) in [7, 11) is -2.68. The van der Waals surface area contributed by atoms with Crippen molar-refractivity contribution in [1.82, 2.24) is 14.3 Å². The van der Waals surface area contributed by atoms with Crippen molar-refractivity contribution < 1.29 is 22.0 Å². The molecular formula is C17H12ClF2N3O3S. The molecule has 0 saturated heterocycles. The molecule has 2 aromatic carbocycles. The summed E-state index contributed by atoms with van der Waals surface area (Å²) < 4.78 is 54.5. The first-order valence-corrected chi connectivity index (χ1v) is 9.35. The minimum Gasteiger partial charge on any atom is -0.333 e. The molecule has 0 unspecified atom stereocenters. The van der Waals surface area contributed by atoms with Crippen molar-refractivity contribution in [1.29, 1.82) is 0 Å². The van der Waals surface area contributed by atoms with Crippen LogP contribution < -0.4 is 4.72 Å². The van der Waals surface area contributed by atoms with Gasteiger partial charge in [-0.1, -0.05) is 23.7 Å². The minimum atomic E-state index is -4.21. The second kappa shape index (κ2) is 7.09. The third-order valence-corrected chi connectivity index (χ3v) is 5.47. The van der Waals surface area contributed by atoms with E-state index in [-0.39, 0.29) is 27.0 Å². The van der Waals surface area contributed by atoms with Gasteiger partial charge in [0.15, 0.2) is 11.6 Å². The van der Waals surface area contributed by atoms with Gasteiger partial charge in [-0.15, -0.1) is 0 Å². The SMILES string of the molecule is Cn1cc(C(=O)NS(=O)(=O)c2ccccc2Cl)nc1-c1ccc(F)c(F)c1. The third-order valence-electron chi connectivity index (χ3n) is 3.64. The summed E-state index contributed by atoms with van der Waals surface area (Å²) in [6.07, 6.45) is 1.27. The Balaban J connectivity index is 1.90. The van der Waals surface area contributed by atoms with E-state index in [9.17, 15) is 22.0 Å². The van der Waals surface area contributed by atoms with Gasteiger partial charge in [-0.25, -0.2) is 26.9 Å². The molecule has 0 aliphatic heterocycles. The smallest absolute Gasteiger partial charge is 0.285 e. The second-order valence-electron chi connectivity index (χ2n) is 5.55. The molecule has 1 N–H and O–H groups in total. The third kappa shape index (κ3) is 3.83. The number of carbonyl (C=O) groups excluding carboxylic acids is 1. The maximum Gasteiger partial charge on any atom is 0.285 e. The number of amides is 1. The zero-order valence-corrected chi connectivity index (χ0v) is 15.4. The molecular weight excluding hydrogens is 400 g/mol. The molecule has 0 saturated carbocycles. The number of aromatic nitrogens is 2. The molecule has 6 nitrogen and oxygen atoms in total. The standard InChI is InChI=1S/C17H12ClF2N3O3S/c1-23-9-14(21-16(23)10-6-7-12(19)13(20)8-10)17(24)22-27(25,26)15-5-3-2-4-11(15)18/h2-9H,1H3,(H,22,24). The van der Waals surface area contributed by atoms with E-state index in [1.54, 1.807) is 6.07 Å². The van der Waals surface area contributed by atoms with Crippen LogP contribution in [0.1, 0.15) is 10.5 Å². The van der Waals surface area contributed by atoms with Gasteiger partial charge in [0.05, 0.1) is 5.02 Å². The average molecular weight is 412 g/mol. The zero-order chi connectivity index (χ0) is 19.8. The van der Waals surface area contributed by atoms with Crippen LogP contribution in [0.25, 0.3) is 11.4 Å². The summed E-state index contributed by atoms with van der Waals surface area (Å²) in [5.74, 6) is -2.91. The lowest BCUT2D eigenvalue weighted by atomic mass is 10.2. The number of hydrogen-bond donors (Lipinski definition) is 1. The molecule has 3 rings (SSSR count). The monoisotopic (exact) mass is 411 g/mol. The topological polar surface area (TPSA) is 81.1 Å². The fourth-order valence-electron chi connectivity index (χ4n) is 2.37. The van der Waals surface area contributed by atoms with E-state index in [0.29, 0.717) is 0 Å². The molecule has 0 spiro atoms. The average Bonchev–Trinajstić information content (AvgIpc) is 2.99. The van der Waals surface area contributed by atoms with E-state index in [1.807, 2.05) is 4.72 Å². The lowest BCUT2D eigenvalue weighted by Crippen LogP contribution is -2.31. The maximum absolute atomic E-state index is 13.4. The molecule has 10 heteroatoms. The van der Waals surface area contributed by atoms with E-state index in [1.165, 1.54) is 42.1 Å². The van der Waals surface area contributed by atoms with Crippen LogP contribution in [-0.4, -0.2) is 23.9 Å². The molecule has 0 aliphatic carbocycles. The van der Waals surface area contributed by atoms with Crippen molar-refractivity contribution in [2.75, 3.05) is 0 Å². The molecule has 0 bridgehead atoms. The molecule has 3 aromatic rings. The number of imidazole rings is 1. The van der Waals surface area contributed by atoms with Crippen molar-refractivity contribution in [2.45, 2.75) is 4.90 Å². The molecule has 0 aliphatic rings. The van der Waals surface area contributed by atoms with Gasteiger partial charge >= 0.3 is 0 Å². The fraction of sp³-hybridized carbons (Fsp3) is 0.0588. The largest absolute Gasteiger partial charge is 0.333 e. The van der Waals surface area contributed by atoms with Crippen LogP contribution in [0, 0.1) is 11.6 Å². The number of carbonyl (C=O) groups is 1. The number of sulfonamides is 1. The second-order valence-corrected chi connectivity index (χ2v) is 7.61. The summed E-state index contributed by atoms with van der Waals surface area (Å²) in [4.78, 5) is 16.1. The lowest BCUT2D eigenvalue weighted by molar-refractivity contribution is 0.0977. The summed E-state index contributed by atoms with van der Waals surface area (Å²) in [6.45, 7) is 0. The van der Waals surface area contributed by atoms with Crippen LogP contribution in [0.15, 0.2) is 53.6 Å². The van der Waals surface area contributed by atoms with Crippen molar-refractivity contribution in [3.63, 3.8) is 0 Å². The van der Waals surface area contributed by atoms with Gasteiger partial charge < -0.3 is 4.57 Å². The molecule has 1 aromatic heterocycles. The van der Waals surface area contributed by atoms with Gasteiger partial charge in [-0.3, -0.25) is 4.79 Å². The lowest BCUT2D eigenvalue weighted by Gasteiger charge is -2.06. The molecule has 140 valence electrons. The van der Waals surface area contributed by atoms with Gasteiger partial charge in [-0.2, -0.15) is 0 Å². The van der Waals surface area contributed by atoms with Crippen LogP contribution in [0.3, 0.4) is 0 Å². The number of aryl methyl sites for hydroxylation is 1. The van der Waals surface area contributed by atoms with E-state index >= 15 is 0 Å². The number of nitrogens with zero attached hydrogens (tertiary/aromatic N) is 2. The van der Waals surface area contributed by atoms with Gasteiger partial charge in [0.2, 0.25) is 0 Å². The Kier molecular flexibility index (Phi) is 4.99. The summed E-state index contributed by atoms with van der Waals surface area (Å²) in [6, 6.07) is 8.80. The molecule has 0 fully saturated rings. The number of hydrogen-bond acceptors (Lipinski definition) is 4.